The number of rotatable bonds is 7. The monoisotopic (exact) mass is 281 g/mol. The van der Waals surface area contributed by atoms with Gasteiger partial charge in [-0.25, -0.2) is 0 Å². The number of amides is 1. The lowest BCUT2D eigenvalue weighted by atomic mass is 10.2. The van der Waals surface area contributed by atoms with Crippen molar-refractivity contribution in [2.24, 2.45) is 0 Å². The number of ether oxygens (including phenoxy) is 1. The quantitative estimate of drug-likeness (QED) is 0.777. The van der Waals surface area contributed by atoms with E-state index in [4.69, 9.17) is 4.74 Å². The smallest absolute Gasteiger partial charge is 0.315 e. The summed E-state index contributed by atoms with van der Waals surface area (Å²) in [7, 11) is 0. The van der Waals surface area contributed by atoms with E-state index in [9.17, 15) is 9.59 Å². The zero-order chi connectivity index (χ0) is 14.1. The molecule has 0 heterocycles. The van der Waals surface area contributed by atoms with Crippen molar-refractivity contribution in [2.75, 3.05) is 12.4 Å². The molecule has 1 unspecified atom stereocenters. The second kappa shape index (κ2) is 8.58. The molecule has 0 bridgehead atoms. The van der Waals surface area contributed by atoms with Crippen LogP contribution in [-0.4, -0.2) is 29.5 Å². The van der Waals surface area contributed by atoms with E-state index in [1.54, 1.807) is 13.8 Å². The first-order valence-electron chi connectivity index (χ1n) is 6.22. The Hall–Kier alpha value is -1.49. The van der Waals surface area contributed by atoms with Crippen LogP contribution in [-0.2, 0) is 20.9 Å². The first-order valence-corrected chi connectivity index (χ1v) is 7.27. The van der Waals surface area contributed by atoms with Crippen molar-refractivity contribution in [3.8, 4) is 0 Å². The molecule has 0 aliphatic rings. The summed E-state index contributed by atoms with van der Waals surface area (Å²) in [5.74, 6) is -0.151. The molecule has 0 aliphatic carbocycles. The van der Waals surface area contributed by atoms with E-state index < -0.39 is 0 Å². The Bertz CT molecular complexity index is 408. The summed E-state index contributed by atoms with van der Waals surface area (Å²) >= 11 is 1.28. The molecule has 0 fully saturated rings. The van der Waals surface area contributed by atoms with Gasteiger partial charge in [0.1, 0.15) is 0 Å². The third kappa shape index (κ3) is 6.29. The SMILES string of the molecule is CCOC(=O)CSC(C)C(=O)NCc1ccccc1. The molecule has 104 valence electrons. The van der Waals surface area contributed by atoms with Crippen molar-refractivity contribution in [2.45, 2.75) is 25.6 Å². The largest absolute Gasteiger partial charge is 0.465 e. The van der Waals surface area contributed by atoms with Crippen LogP contribution in [0, 0.1) is 0 Å². The average molecular weight is 281 g/mol. The number of nitrogens with one attached hydrogen (secondary N) is 1. The van der Waals surface area contributed by atoms with E-state index in [1.807, 2.05) is 30.3 Å². The molecular weight excluding hydrogens is 262 g/mol. The van der Waals surface area contributed by atoms with Crippen molar-refractivity contribution >= 4 is 23.6 Å². The van der Waals surface area contributed by atoms with Crippen LogP contribution in [0.3, 0.4) is 0 Å². The highest BCUT2D eigenvalue weighted by Crippen LogP contribution is 2.11. The summed E-state index contributed by atoms with van der Waals surface area (Å²) in [6.45, 7) is 4.42. The number of thioether (sulfide) groups is 1. The summed E-state index contributed by atoms with van der Waals surface area (Å²) in [5.41, 5.74) is 1.05. The molecule has 0 aliphatic heterocycles. The Morgan fingerprint density at radius 1 is 1.32 bits per heavy atom. The van der Waals surface area contributed by atoms with Crippen LogP contribution in [0.2, 0.25) is 0 Å². The summed E-state index contributed by atoms with van der Waals surface area (Å²) in [4.78, 5) is 23.0. The topological polar surface area (TPSA) is 55.4 Å². The molecule has 5 heteroatoms. The summed E-state index contributed by atoms with van der Waals surface area (Å²) < 4.78 is 4.81. The summed E-state index contributed by atoms with van der Waals surface area (Å²) in [6.07, 6.45) is 0. The first kappa shape index (κ1) is 15.6. The molecule has 0 spiro atoms. The van der Waals surface area contributed by atoms with Crippen LogP contribution in [0.5, 0.6) is 0 Å². The molecular formula is C14H19NO3S. The van der Waals surface area contributed by atoms with Crippen molar-refractivity contribution < 1.29 is 14.3 Å². The number of esters is 1. The van der Waals surface area contributed by atoms with Crippen molar-refractivity contribution in [1.29, 1.82) is 0 Å². The van der Waals surface area contributed by atoms with Gasteiger partial charge in [0.15, 0.2) is 0 Å². The molecule has 0 saturated heterocycles. The summed E-state index contributed by atoms with van der Waals surface area (Å²) in [6, 6.07) is 9.71. The normalized spacial score (nSPS) is 11.7. The minimum atomic E-state index is -0.282. The molecule has 1 atom stereocenters. The summed E-state index contributed by atoms with van der Waals surface area (Å²) in [5, 5.41) is 2.57. The first-order chi connectivity index (χ1) is 9.13. The van der Waals surface area contributed by atoms with Crippen molar-refractivity contribution in [3.63, 3.8) is 0 Å². The second-order valence-electron chi connectivity index (χ2n) is 3.96. The van der Waals surface area contributed by atoms with Gasteiger partial charge in [-0.15, -0.1) is 11.8 Å². The zero-order valence-electron chi connectivity index (χ0n) is 11.2. The fourth-order valence-electron chi connectivity index (χ4n) is 1.40. The minimum absolute atomic E-state index is 0.0712. The third-order valence-electron chi connectivity index (χ3n) is 2.44. The van der Waals surface area contributed by atoms with Crippen LogP contribution in [0.1, 0.15) is 19.4 Å². The maximum atomic E-state index is 11.8. The predicted molar refractivity (Wildman–Crippen MR) is 76.8 cm³/mol. The average Bonchev–Trinajstić information content (AvgIpc) is 2.43. The van der Waals surface area contributed by atoms with Gasteiger partial charge < -0.3 is 10.1 Å². The van der Waals surface area contributed by atoms with Gasteiger partial charge in [0.25, 0.3) is 0 Å². The van der Waals surface area contributed by atoms with E-state index in [0.29, 0.717) is 13.2 Å². The lowest BCUT2D eigenvalue weighted by Gasteiger charge is -2.11. The van der Waals surface area contributed by atoms with Crippen LogP contribution in [0.15, 0.2) is 30.3 Å². The molecule has 1 aromatic rings. The maximum absolute atomic E-state index is 11.8. The molecule has 1 rings (SSSR count). The number of benzene rings is 1. The van der Waals surface area contributed by atoms with Gasteiger partial charge in [0.2, 0.25) is 5.91 Å². The number of carbonyl (C=O) groups excluding carboxylic acids is 2. The molecule has 4 nitrogen and oxygen atoms in total. The van der Waals surface area contributed by atoms with Gasteiger partial charge in [0, 0.05) is 6.54 Å². The van der Waals surface area contributed by atoms with Gasteiger partial charge in [-0.1, -0.05) is 30.3 Å². The maximum Gasteiger partial charge on any atom is 0.315 e. The molecule has 1 amide bonds. The fourth-order valence-corrected chi connectivity index (χ4v) is 2.10. The van der Waals surface area contributed by atoms with Crippen molar-refractivity contribution in [1.82, 2.24) is 5.32 Å². The third-order valence-corrected chi connectivity index (χ3v) is 3.55. The lowest BCUT2D eigenvalue weighted by molar-refractivity contribution is -0.139. The number of hydrogen-bond acceptors (Lipinski definition) is 4. The molecule has 1 N–H and O–H groups in total. The fraction of sp³-hybridized carbons (Fsp3) is 0.429. The van der Waals surface area contributed by atoms with Crippen LogP contribution in [0.25, 0.3) is 0 Å². The van der Waals surface area contributed by atoms with Crippen LogP contribution >= 0.6 is 11.8 Å². The molecule has 19 heavy (non-hydrogen) atoms. The lowest BCUT2D eigenvalue weighted by Crippen LogP contribution is -2.31. The Morgan fingerprint density at radius 3 is 2.63 bits per heavy atom. The molecule has 0 radical (unpaired) electrons. The van der Waals surface area contributed by atoms with E-state index in [1.165, 1.54) is 11.8 Å². The molecule has 0 aromatic heterocycles. The molecule has 1 aromatic carbocycles. The van der Waals surface area contributed by atoms with Gasteiger partial charge in [-0.3, -0.25) is 9.59 Å². The Morgan fingerprint density at radius 2 is 2.00 bits per heavy atom. The highest BCUT2D eigenvalue weighted by molar-refractivity contribution is 8.01. The Labute approximate surface area is 117 Å². The van der Waals surface area contributed by atoms with E-state index in [0.717, 1.165) is 5.56 Å². The number of carbonyl (C=O) groups is 2. The Balaban J connectivity index is 2.27. The van der Waals surface area contributed by atoms with Crippen LogP contribution < -0.4 is 5.32 Å². The standard InChI is InChI=1S/C14H19NO3S/c1-3-18-13(16)10-19-11(2)14(17)15-9-12-7-5-4-6-8-12/h4-8,11H,3,9-10H2,1-2H3,(H,15,17). The zero-order valence-corrected chi connectivity index (χ0v) is 12.0. The van der Waals surface area contributed by atoms with Gasteiger partial charge in [-0.2, -0.15) is 0 Å². The molecule has 0 saturated carbocycles. The predicted octanol–water partition coefficient (Wildman–Crippen LogP) is 1.99. The highest BCUT2D eigenvalue weighted by atomic mass is 32.2. The second-order valence-corrected chi connectivity index (χ2v) is 5.29. The van der Waals surface area contributed by atoms with E-state index >= 15 is 0 Å². The van der Waals surface area contributed by atoms with Gasteiger partial charge >= 0.3 is 5.97 Å². The van der Waals surface area contributed by atoms with E-state index in [2.05, 4.69) is 5.32 Å². The van der Waals surface area contributed by atoms with Gasteiger partial charge in [-0.05, 0) is 19.4 Å². The van der Waals surface area contributed by atoms with Crippen molar-refractivity contribution in [3.05, 3.63) is 35.9 Å². The number of hydrogen-bond donors (Lipinski definition) is 1. The van der Waals surface area contributed by atoms with E-state index in [-0.39, 0.29) is 22.9 Å². The van der Waals surface area contributed by atoms with Gasteiger partial charge in [0.05, 0.1) is 17.6 Å². The van der Waals surface area contributed by atoms with Crippen LogP contribution in [0.4, 0.5) is 0 Å². The Kier molecular flexibility index (Phi) is 7.03. The minimum Gasteiger partial charge on any atom is -0.465 e. The highest BCUT2D eigenvalue weighted by Gasteiger charge is 2.15.